The van der Waals surface area contributed by atoms with E-state index in [1.54, 1.807) is 0 Å². The van der Waals surface area contributed by atoms with Crippen molar-refractivity contribution in [2.75, 3.05) is 25.0 Å². The predicted molar refractivity (Wildman–Crippen MR) is 130 cm³/mol. The van der Waals surface area contributed by atoms with Crippen LogP contribution in [-0.4, -0.2) is 40.9 Å². The summed E-state index contributed by atoms with van der Waals surface area (Å²) in [5.74, 6) is 1.79. The van der Waals surface area contributed by atoms with E-state index in [4.69, 9.17) is 9.97 Å². The number of aromatic nitrogens is 2. The van der Waals surface area contributed by atoms with Crippen LogP contribution in [0.1, 0.15) is 49.4 Å². The Morgan fingerprint density at radius 2 is 1.72 bits per heavy atom. The van der Waals surface area contributed by atoms with Crippen LogP contribution in [0.25, 0.3) is 11.4 Å². The SMILES string of the molecule is CCCN(C)c1nc(-c2ccccc2)nc2c1CN(C(=O)[C@H](CC)c1ccccc1)CC2. The quantitative estimate of drug-likeness (QED) is 0.527. The van der Waals surface area contributed by atoms with Crippen LogP contribution in [0.15, 0.2) is 60.7 Å². The molecule has 1 amide bonds. The lowest BCUT2D eigenvalue weighted by Crippen LogP contribution is -2.40. The highest BCUT2D eigenvalue weighted by Gasteiger charge is 2.30. The first kappa shape index (κ1) is 22.0. The third-order valence-electron chi connectivity index (χ3n) is 6.21. The molecule has 0 aliphatic carbocycles. The molecule has 2 heterocycles. The summed E-state index contributed by atoms with van der Waals surface area (Å²) in [5.41, 5.74) is 4.26. The highest BCUT2D eigenvalue weighted by atomic mass is 16.2. The largest absolute Gasteiger partial charge is 0.359 e. The highest BCUT2D eigenvalue weighted by Crippen LogP contribution is 2.31. The highest BCUT2D eigenvalue weighted by molar-refractivity contribution is 5.84. The maximum atomic E-state index is 13.5. The van der Waals surface area contributed by atoms with Gasteiger partial charge in [0, 0.05) is 37.7 Å². The molecule has 0 saturated heterocycles. The zero-order valence-corrected chi connectivity index (χ0v) is 19.3. The van der Waals surface area contributed by atoms with Gasteiger partial charge in [0.25, 0.3) is 0 Å². The van der Waals surface area contributed by atoms with Crippen molar-refractivity contribution in [1.29, 1.82) is 0 Å². The maximum absolute atomic E-state index is 13.5. The lowest BCUT2D eigenvalue weighted by Gasteiger charge is -2.34. The first-order valence-corrected chi connectivity index (χ1v) is 11.6. The molecule has 2 aromatic carbocycles. The third kappa shape index (κ3) is 4.52. The molecule has 3 aromatic rings. The molecule has 1 aliphatic heterocycles. The Bertz CT molecular complexity index is 1050. The Kier molecular flexibility index (Phi) is 6.84. The van der Waals surface area contributed by atoms with E-state index in [2.05, 4.69) is 50.1 Å². The second-order valence-corrected chi connectivity index (χ2v) is 8.46. The monoisotopic (exact) mass is 428 g/mol. The fourth-order valence-corrected chi connectivity index (χ4v) is 4.52. The van der Waals surface area contributed by atoms with Crippen molar-refractivity contribution in [1.82, 2.24) is 14.9 Å². The van der Waals surface area contributed by atoms with Crippen molar-refractivity contribution in [3.63, 3.8) is 0 Å². The minimum absolute atomic E-state index is 0.112. The topological polar surface area (TPSA) is 49.3 Å². The number of amides is 1. The van der Waals surface area contributed by atoms with Crippen LogP contribution in [0.5, 0.6) is 0 Å². The molecule has 0 saturated carbocycles. The van der Waals surface area contributed by atoms with Crippen LogP contribution in [0.3, 0.4) is 0 Å². The van der Waals surface area contributed by atoms with Crippen molar-refractivity contribution >= 4 is 11.7 Å². The number of hydrogen-bond donors (Lipinski definition) is 0. The molecule has 4 rings (SSSR count). The van der Waals surface area contributed by atoms with Crippen LogP contribution in [0.2, 0.25) is 0 Å². The van der Waals surface area contributed by atoms with Crippen LogP contribution < -0.4 is 4.90 Å². The van der Waals surface area contributed by atoms with E-state index in [0.29, 0.717) is 13.1 Å². The number of hydrogen-bond acceptors (Lipinski definition) is 4. The standard InChI is InChI=1S/C27H32N4O/c1-4-17-30(3)26-23-19-31(27(32)22(5-2)20-12-8-6-9-13-20)18-16-24(23)28-25(29-26)21-14-10-7-11-15-21/h6-15,22H,4-5,16-19H2,1-3H3/t22-/m1/s1. The van der Waals surface area contributed by atoms with Crippen molar-refractivity contribution < 1.29 is 4.79 Å². The van der Waals surface area contributed by atoms with Crippen molar-refractivity contribution in [3.05, 3.63) is 77.5 Å². The Hall–Kier alpha value is -3.21. The van der Waals surface area contributed by atoms with Crippen LogP contribution in [-0.2, 0) is 17.8 Å². The summed E-state index contributed by atoms with van der Waals surface area (Å²) in [5, 5.41) is 0. The first-order chi connectivity index (χ1) is 15.6. The summed E-state index contributed by atoms with van der Waals surface area (Å²) in [6.45, 7) is 6.42. The van der Waals surface area contributed by atoms with Crippen LogP contribution in [0, 0.1) is 0 Å². The van der Waals surface area contributed by atoms with E-state index >= 15 is 0 Å². The average molecular weight is 429 g/mol. The summed E-state index contributed by atoms with van der Waals surface area (Å²) >= 11 is 0. The summed E-state index contributed by atoms with van der Waals surface area (Å²) in [4.78, 5) is 27.6. The van der Waals surface area contributed by atoms with E-state index in [1.165, 1.54) is 0 Å². The van der Waals surface area contributed by atoms with Gasteiger partial charge in [0.05, 0.1) is 18.2 Å². The van der Waals surface area contributed by atoms with Gasteiger partial charge in [-0.05, 0) is 18.4 Å². The van der Waals surface area contributed by atoms with Crippen LogP contribution >= 0.6 is 0 Å². The summed E-state index contributed by atoms with van der Waals surface area (Å²) in [7, 11) is 2.08. The number of carbonyl (C=O) groups excluding carboxylic acids is 1. The molecule has 1 atom stereocenters. The van der Waals surface area contributed by atoms with E-state index in [1.807, 2.05) is 41.3 Å². The van der Waals surface area contributed by atoms with Gasteiger partial charge < -0.3 is 9.80 Å². The number of fused-ring (bicyclic) bond motifs is 1. The van der Waals surface area contributed by atoms with Crippen LogP contribution in [0.4, 0.5) is 5.82 Å². The summed E-state index contributed by atoms with van der Waals surface area (Å²) in [6, 6.07) is 20.3. The molecule has 5 heteroatoms. The molecule has 0 unspecified atom stereocenters. The predicted octanol–water partition coefficient (Wildman–Crippen LogP) is 5.07. The van der Waals surface area contributed by atoms with E-state index in [-0.39, 0.29) is 11.8 Å². The summed E-state index contributed by atoms with van der Waals surface area (Å²) in [6.07, 6.45) is 2.57. The van der Waals surface area contributed by atoms with Gasteiger partial charge in [-0.25, -0.2) is 9.97 Å². The molecule has 0 bridgehead atoms. The molecule has 0 N–H and O–H groups in total. The molecule has 166 valence electrons. The van der Waals surface area contributed by atoms with Crippen molar-refractivity contribution in [2.24, 2.45) is 0 Å². The average Bonchev–Trinajstić information content (AvgIpc) is 2.84. The smallest absolute Gasteiger partial charge is 0.230 e. The van der Waals surface area contributed by atoms with Gasteiger partial charge in [-0.2, -0.15) is 0 Å². The zero-order valence-electron chi connectivity index (χ0n) is 19.3. The Balaban J connectivity index is 1.67. The summed E-state index contributed by atoms with van der Waals surface area (Å²) < 4.78 is 0. The van der Waals surface area contributed by atoms with E-state index in [9.17, 15) is 4.79 Å². The van der Waals surface area contributed by atoms with Gasteiger partial charge in [0.15, 0.2) is 5.82 Å². The molecular formula is C27H32N4O. The van der Waals surface area contributed by atoms with Gasteiger partial charge in [0.1, 0.15) is 5.82 Å². The molecule has 32 heavy (non-hydrogen) atoms. The lowest BCUT2D eigenvalue weighted by molar-refractivity contribution is -0.133. The number of benzene rings is 2. The second-order valence-electron chi connectivity index (χ2n) is 8.46. The zero-order chi connectivity index (χ0) is 22.5. The number of anilines is 1. The fourth-order valence-electron chi connectivity index (χ4n) is 4.52. The number of carbonyl (C=O) groups is 1. The maximum Gasteiger partial charge on any atom is 0.230 e. The Morgan fingerprint density at radius 3 is 2.38 bits per heavy atom. The Morgan fingerprint density at radius 1 is 1.03 bits per heavy atom. The number of nitrogens with zero attached hydrogens (tertiary/aromatic N) is 4. The van der Waals surface area contributed by atoms with Crippen molar-refractivity contribution in [3.8, 4) is 11.4 Å². The minimum atomic E-state index is -0.112. The molecule has 0 spiro atoms. The molecule has 1 aromatic heterocycles. The van der Waals surface area contributed by atoms with Gasteiger partial charge in [-0.3, -0.25) is 4.79 Å². The molecule has 0 radical (unpaired) electrons. The second kappa shape index (κ2) is 9.94. The normalized spacial score (nSPS) is 14.0. The lowest BCUT2D eigenvalue weighted by atomic mass is 9.93. The third-order valence-corrected chi connectivity index (χ3v) is 6.21. The van der Waals surface area contributed by atoms with Crippen molar-refractivity contribution in [2.45, 2.75) is 45.6 Å². The molecule has 5 nitrogen and oxygen atoms in total. The number of rotatable bonds is 7. The Labute approximate surface area is 191 Å². The van der Waals surface area contributed by atoms with Gasteiger partial charge in [-0.15, -0.1) is 0 Å². The molecule has 1 aliphatic rings. The van der Waals surface area contributed by atoms with Gasteiger partial charge >= 0.3 is 0 Å². The molecular weight excluding hydrogens is 396 g/mol. The van der Waals surface area contributed by atoms with Gasteiger partial charge in [0.2, 0.25) is 5.91 Å². The van der Waals surface area contributed by atoms with E-state index in [0.717, 1.165) is 59.8 Å². The van der Waals surface area contributed by atoms with Gasteiger partial charge in [-0.1, -0.05) is 74.5 Å². The minimum Gasteiger partial charge on any atom is -0.359 e. The fraction of sp³-hybridized carbons (Fsp3) is 0.370. The van der Waals surface area contributed by atoms with E-state index < -0.39 is 0 Å². The molecule has 0 fully saturated rings. The first-order valence-electron chi connectivity index (χ1n) is 11.6.